The fraction of sp³-hybridized carbons (Fsp3) is 0.300. The predicted octanol–water partition coefficient (Wildman–Crippen LogP) is 3.51. The number of hydrogen-bond acceptors (Lipinski definition) is 3. The molecule has 0 N–H and O–H groups in total. The lowest BCUT2D eigenvalue weighted by molar-refractivity contribution is -0.139. The summed E-state index contributed by atoms with van der Waals surface area (Å²) in [6, 6.07) is 15.3. The van der Waals surface area contributed by atoms with E-state index in [1.165, 1.54) is 0 Å². The summed E-state index contributed by atoms with van der Waals surface area (Å²) < 4.78 is 5.36. The quantitative estimate of drug-likeness (QED) is 0.790. The number of amides is 1. The number of rotatable bonds is 5. The van der Waals surface area contributed by atoms with E-state index in [1.807, 2.05) is 56.3 Å². The minimum absolute atomic E-state index is 0.225. The molecule has 2 rings (SSSR count). The van der Waals surface area contributed by atoms with Gasteiger partial charge in [0.05, 0.1) is 5.56 Å². The van der Waals surface area contributed by atoms with Crippen LogP contribution < -0.4 is 0 Å². The Hall–Kier alpha value is -2.62. The van der Waals surface area contributed by atoms with Gasteiger partial charge in [0.2, 0.25) is 0 Å². The van der Waals surface area contributed by atoms with E-state index < -0.39 is 12.1 Å². The second-order valence-corrected chi connectivity index (χ2v) is 6.05. The Morgan fingerprint density at radius 1 is 1.08 bits per heavy atom. The van der Waals surface area contributed by atoms with Gasteiger partial charge in [-0.3, -0.25) is 4.79 Å². The summed E-state index contributed by atoms with van der Waals surface area (Å²) >= 11 is 0. The van der Waals surface area contributed by atoms with Gasteiger partial charge in [0.15, 0.2) is 6.10 Å². The molecule has 0 aromatic heterocycles. The molecular formula is C20H23NO3. The van der Waals surface area contributed by atoms with Gasteiger partial charge in [-0.2, -0.15) is 0 Å². The summed E-state index contributed by atoms with van der Waals surface area (Å²) in [5, 5.41) is 0. The van der Waals surface area contributed by atoms with E-state index >= 15 is 0 Å². The van der Waals surface area contributed by atoms with Crippen LogP contribution in [-0.2, 0) is 16.1 Å². The molecule has 4 heteroatoms. The van der Waals surface area contributed by atoms with Gasteiger partial charge in [-0.15, -0.1) is 0 Å². The monoisotopic (exact) mass is 325 g/mol. The Balaban J connectivity index is 2.00. The normalized spacial score (nSPS) is 11.7. The fourth-order valence-corrected chi connectivity index (χ4v) is 2.48. The smallest absolute Gasteiger partial charge is 0.339 e. The first-order chi connectivity index (χ1) is 11.4. The van der Waals surface area contributed by atoms with Crippen molar-refractivity contribution >= 4 is 11.9 Å². The van der Waals surface area contributed by atoms with Gasteiger partial charge in [0.25, 0.3) is 5.91 Å². The van der Waals surface area contributed by atoms with Gasteiger partial charge in [-0.05, 0) is 38.0 Å². The zero-order valence-electron chi connectivity index (χ0n) is 14.6. The third-order valence-electron chi connectivity index (χ3n) is 3.88. The zero-order chi connectivity index (χ0) is 17.7. The first-order valence-corrected chi connectivity index (χ1v) is 7.95. The number of esters is 1. The maximum atomic E-state index is 12.4. The minimum atomic E-state index is -0.828. The van der Waals surface area contributed by atoms with Gasteiger partial charge in [0.1, 0.15) is 0 Å². The molecule has 0 radical (unpaired) electrons. The van der Waals surface area contributed by atoms with Crippen molar-refractivity contribution in [3.05, 3.63) is 70.8 Å². The second-order valence-electron chi connectivity index (χ2n) is 6.05. The highest BCUT2D eigenvalue weighted by Gasteiger charge is 2.23. The molecule has 1 atom stereocenters. The van der Waals surface area contributed by atoms with Crippen LogP contribution in [0.3, 0.4) is 0 Å². The third-order valence-corrected chi connectivity index (χ3v) is 3.88. The van der Waals surface area contributed by atoms with Crippen molar-refractivity contribution in [2.45, 2.75) is 33.4 Å². The summed E-state index contributed by atoms with van der Waals surface area (Å²) in [7, 11) is 1.71. The Morgan fingerprint density at radius 2 is 1.75 bits per heavy atom. The van der Waals surface area contributed by atoms with Crippen LogP contribution in [0.25, 0.3) is 0 Å². The van der Waals surface area contributed by atoms with E-state index in [2.05, 4.69) is 0 Å². The van der Waals surface area contributed by atoms with Crippen LogP contribution >= 0.6 is 0 Å². The Labute approximate surface area is 143 Å². The molecule has 0 spiro atoms. The standard InChI is InChI=1S/C20H23NO3/c1-14-10-11-15(2)18(12-14)20(23)24-16(3)19(22)21(4)13-17-8-6-5-7-9-17/h5-12,16H,13H2,1-4H3. The number of aryl methyl sites for hydroxylation is 2. The molecule has 1 unspecified atom stereocenters. The molecule has 0 aliphatic carbocycles. The van der Waals surface area contributed by atoms with Crippen LogP contribution in [0.2, 0.25) is 0 Å². The highest BCUT2D eigenvalue weighted by Crippen LogP contribution is 2.14. The molecule has 0 aliphatic heterocycles. The Morgan fingerprint density at radius 3 is 2.42 bits per heavy atom. The van der Waals surface area contributed by atoms with Crippen molar-refractivity contribution in [2.24, 2.45) is 0 Å². The lowest BCUT2D eigenvalue weighted by Gasteiger charge is -2.22. The first kappa shape index (κ1) is 17.7. The largest absolute Gasteiger partial charge is 0.449 e. The summed E-state index contributed by atoms with van der Waals surface area (Å²) in [6.07, 6.45) is -0.828. The summed E-state index contributed by atoms with van der Waals surface area (Å²) in [5.41, 5.74) is 3.34. The van der Waals surface area contributed by atoms with Crippen molar-refractivity contribution in [3.8, 4) is 0 Å². The average Bonchev–Trinajstić information content (AvgIpc) is 2.57. The molecule has 2 aromatic rings. The zero-order valence-corrected chi connectivity index (χ0v) is 14.6. The van der Waals surface area contributed by atoms with Crippen LogP contribution in [0.15, 0.2) is 48.5 Å². The Bertz CT molecular complexity index is 725. The number of nitrogens with zero attached hydrogens (tertiary/aromatic N) is 1. The van der Waals surface area contributed by atoms with Crippen LogP contribution in [0.5, 0.6) is 0 Å². The topological polar surface area (TPSA) is 46.6 Å². The molecule has 1 amide bonds. The van der Waals surface area contributed by atoms with E-state index in [1.54, 1.807) is 24.9 Å². The number of hydrogen-bond donors (Lipinski definition) is 0. The summed E-state index contributed by atoms with van der Waals surface area (Å²) in [4.78, 5) is 26.3. The van der Waals surface area contributed by atoms with E-state index in [9.17, 15) is 9.59 Å². The molecule has 126 valence electrons. The summed E-state index contributed by atoms with van der Waals surface area (Å²) in [6.45, 7) is 5.85. The fourth-order valence-electron chi connectivity index (χ4n) is 2.48. The first-order valence-electron chi connectivity index (χ1n) is 7.95. The van der Waals surface area contributed by atoms with Gasteiger partial charge in [0, 0.05) is 13.6 Å². The predicted molar refractivity (Wildman–Crippen MR) is 93.7 cm³/mol. The third kappa shape index (κ3) is 4.44. The average molecular weight is 325 g/mol. The maximum absolute atomic E-state index is 12.4. The van der Waals surface area contributed by atoms with Crippen molar-refractivity contribution < 1.29 is 14.3 Å². The van der Waals surface area contributed by atoms with E-state index in [0.717, 1.165) is 16.7 Å². The van der Waals surface area contributed by atoms with Crippen molar-refractivity contribution in [3.63, 3.8) is 0 Å². The van der Waals surface area contributed by atoms with Crippen LogP contribution in [0.4, 0.5) is 0 Å². The van der Waals surface area contributed by atoms with Gasteiger partial charge >= 0.3 is 5.97 Å². The van der Waals surface area contributed by atoms with Crippen molar-refractivity contribution in [1.82, 2.24) is 4.90 Å². The number of ether oxygens (including phenoxy) is 1. The highest BCUT2D eigenvalue weighted by atomic mass is 16.5. The number of likely N-dealkylation sites (N-methyl/N-ethyl adjacent to an activating group) is 1. The molecular weight excluding hydrogens is 302 g/mol. The molecule has 0 aliphatic rings. The second kappa shape index (κ2) is 7.77. The van der Waals surface area contributed by atoms with Gasteiger partial charge < -0.3 is 9.64 Å². The van der Waals surface area contributed by atoms with E-state index in [0.29, 0.717) is 12.1 Å². The molecule has 4 nitrogen and oxygen atoms in total. The number of benzene rings is 2. The van der Waals surface area contributed by atoms with Gasteiger partial charge in [-0.25, -0.2) is 4.79 Å². The molecule has 0 saturated carbocycles. The molecule has 2 aromatic carbocycles. The van der Waals surface area contributed by atoms with Crippen molar-refractivity contribution in [2.75, 3.05) is 7.05 Å². The van der Waals surface area contributed by atoms with Crippen LogP contribution in [0, 0.1) is 13.8 Å². The number of carbonyl (C=O) groups excluding carboxylic acids is 2. The van der Waals surface area contributed by atoms with Crippen LogP contribution in [-0.4, -0.2) is 29.9 Å². The van der Waals surface area contributed by atoms with Crippen molar-refractivity contribution in [1.29, 1.82) is 0 Å². The van der Waals surface area contributed by atoms with E-state index in [-0.39, 0.29) is 5.91 Å². The lowest BCUT2D eigenvalue weighted by Crippen LogP contribution is -2.37. The van der Waals surface area contributed by atoms with Gasteiger partial charge in [-0.1, -0.05) is 48.0 Å². The summed E-state index contributed by atoms with van der Waals surface area (Å²) in [5.74, 6) is -0.692. The number of carbonyl (C=O) groups is 2. The van der Waals surface area contributed by atoms with E-state index in [4.69, 9.17) is 4.74 Å². The lowest BCUT2D eigenvalue weighted by atomic mass is 10.1. The molecule has 0 fully saturated rings. The molecule has 0 bridgehead atoms. The SMILES string of the molecule is Cc1ccc(C)c(C(=O)OC(C)C(=O)N(C)Cc2ccccc2)c1. The molecule has 24 heavy (non-hydrogen) atoms. The molecule has 0 saturated heterocycles. The highest BCUT2D eigenvalue weighted by molar-refractivity contribution is 5.93. The maximum Gasteiger partial charge on any atom is 0.339 e. The molecule has 0 heterocycles. The minimum Gasteiger partial charge on any atom is -0.449 e. The van der Waals surface area contributed by atoms with Crippen LogP contribution in [0.1, 0.15) is 34.0 Å². The Kier molecular flexibility index (Phi) is 5.74.